The van der Waals surface area contributed by atoms with Gasteiger partial charge >= 0.3 is 0 Å². The van der Waals surface area contributed by atoms with Gasteiger partial charge in [-0.25, -0.2) is 0 Å². The van der Waals surface area contributed by atoms with E-state index in [0.29, 0.717) is 6.04 Å². The summed E-state index contributed by atoms with van der Waals surface area (Å²) in [6, 6.07) is 0.488. The molecule has 1 atom stereocenters. The molecule has 0 radical (unpaired) electrons. The minimum Gasteiger partial charge on any atom is -0.329 e. The fourth-order valence-corrected chi connectivity index (χ4v) is 1.44. The lowest BCUT2D eigenvalue weighted by Gasteiger charge is -2.21. The van der Waals surface area contributed by atoms with Crippen molar-refractivity contribution in [1.29, 1.82) is 0 Å². The van der Waals surface area contributed by atoms with Gasteiger partial charge in [-0.2, -0.15) is 0 Å². The summed E-state index contributed by atoms with van der Waals surface area (Å²) in [5.74, 6) is 0.991. The van der Waals surface area contributed by atoms with Crippen LogP contribution in [0.1, 0.15) is 6.92 Å². The molecular weight excluding hydrogens is 160 g/mol. The molecule has 0 saturated heterocycles. The Balaban J connectivity index is 2.31. The molecule has 0 N–H and O–H groups in total. The van der Waals surface area contributed by atoms with Crippen LogP contribution in [0.25, 0.3) is 0 Å². The van der Waals surface area contributed by atoms with Crippen LogP contribution in [0.4, 0.5) is 0 Å². The molecule has 0 aromatic heterocycles. The lowest BCUT2D eigenvalue weighted by atomic mass is 10.3. The molecule has 3 heteroatoms. The molecule has 0 aliphatic carbocycles. The fourth-order valence-electron chi connectivity index (χ4n) is 1.29. The fraction of sp³-hybridized carbons (Fsp3) is 0.375. The van der Waals surface area contributed by atoms with Crippen molar-refractivity contribution in [2.24, 2.45) is 4.99 Å². The van der Waals surface area contributed by atoms with Gasteiger partial charge in [-0.1, -0.05) is 11.6 Å². The summed E-state index contributed by atoms with van der Waals surface area (Å²) in [4.78, 5) is 6.45. The number of rotatable bonds is 0. The Labute approximate surface area is 70.9 Å². The Morgan fingerprint density at radius 3 is 3.36 bits per heavy atom. The zero-order chi connectivity index (χ0) is 7.84. The number of hydrogen-bond donors (Lipinski definition) is 0. The first-order chi connectivity index (χ1) is 5.27. The van der Waals surface area contributed by atoms with Crippen LogP contribution in [0.5, 0.6) is 0 Å². The predicted molar refractivity (Wildman–Crippen MR) is 46.7 cm³/mol. The first kappa shape index (κ1) is 6.92. The van der Waals surface area contributed by atoms with Crippen molar-refractivity contribution in [3.8, 4) is 0 Å². The van der Waals surface area contributed by atoms with E-state index in [1.54, 1.807) is 0 Å². The number of fused-ring (bicyclic) bond motifs is 1. The van der Waals surface area contributed by atoms with Gasteiger partial charge in [0.15, 0.2) is 0 Å². The molecular formula is C8H9ClN2. The van der Waals surface area contributed by atoms with Gasteiger partial charge in [-0.3, -0.25) is 4.99 Å². The number of allylic oxidation sites excluding steroid dienone is 2. The maximum Gasteiger partial charge on any atom is 0.129 e. The van der Waals surface area contributed by atoms with Crippen LogP contribution >= 0.6 is 11.6 Å². The summed E-state index contributed by atoms with van der Waals surface area (Å²) in [5.41, 5.74) is 0. The number of hydrogen-bond acceptors (Lipinski definition) is 2. The van der Waals surface area contributed by atoms with Crippen LogP contribution in [0.3, 0.4) is 0 Å². The lowest BCUT2D eigenvalue weighted by Crippen LogP contribution is -2.29. The van der Waals surface area contributed by atoms with Gasteiger partial charge in [0.2, 0.25) is 0 Å². The molecule has 11 heavy (non-hydrogen) atoms. The van der Waals surface area contributed by atoms with Crippen LogP contribution in [-0.4, -0.2) is 23.3 Å². The number of aliphatic imine (C=N–C) groups is 1. The normalized spacial score (nSPS) is 28.2. The first-order valence-corrected chi connectivity index (χ1v) is 4.03. The van der Waals surface area contributed by atoms with Crippen molar-refractivity contribution in [1.82, 2.24) is 4.90 Å². The van der Waals surface area contributed by atoms with Crippen LogP contribution in [-0.2, 0) is 0 Å². The van der Waals surface area contributed by atoms with Crippen LogP contribution in [0.15, 0.2) is 28.4 Å². The van der Waals surface area contributed by atoms with E-state index in [1.165, 1.54) is 0 Å². The highest BCUT2D eigenvalue weighted by molar-refractivity contribution is 6.33. The molecule has 0 aromatic carbocycles. The molecule has 2 aliphatic rings. The standard InChI is InChI=1S/C8H9ClN2/c1-6-5-10-8-4-7(9)2-3-11(6)8/h2-4,6H,5H2,1H3. The molecule has 0 spiro atoms. The minimum atomic E-state index is 0.488. The number of amidine groups is 1. The first-order valence-electron chi connectivity index (χ1n) is 3.65. The molecule has 2 nitrogen and oxygen atoms in total. The zero-order valence-electron chi connectivity index (χ0n) is 6.29. The Hall–Kier alpha value is -0.760. The predicted octanol–water partition coefficient (Wildman–Crippen LogP) is 1.74. The van der Waals surface area contributed by atoms with Crippen molar-refractivity contribution in [2.75, 3.05) is 6.54 Å². The molecule has 2 rings (SSSR count). The highest BCUT2D eigenvalue weighted by atomic mass is 35.5. The van der Waals surface area contributed by atoms with E-state index >= 15 is 0 Å². The molecule has 58 valence electrons. The van der Waals surface area contributed by atoms with Crippen molar-refractivity contribution < 1.29 is 0 Å². The van der Waals surface area contributed by atoms with Crippen LogP contribution < -0.4 is 0 Å². The molecule has 0 amide bonds. The quantitative estimate of drug-likeness (QED) is 0.538. The summed E-state index contributed by atoms with van der Waals surface area (Å²) in [6.07, 6.45) is 5.77. The van der Waals surface area contributed by atoms with Crippen molar-refractivity contribution in [2.45, 2.75) is 13.0 Å². The van der Waals surface area contributed by atoms with E-state index in [4.69, 9.17) is 11.6 Å². The van der Waals surface area contributed by atoms with Gasteiger partial charge in [0.05, 0.1) is 12.6 Å². The Bertz CT molecular complexity index is 265. The van der Waals surface area contributed by atoms with E-state index in [0.717, 1.165) is 17.4 Å². The van der Waals surface area contributed by atoms with Crippen molar-refractivity contribution in [3.63, 3.8) is 0 Å². The Morgan fingerprint density at radius 1 is 1.73 bits per heavy atom. The summed E-state index contributed by atoms with van der Waals surface area (Å²) in [5, 5.41) is 0.758. The van der Waals surface area contributed by atoms with Gasteiger partial charge in [-0.05, 0) is 19.1 Å². The van der Waals surface area contributed by atoms with Crippen molar-refractivity contribution >= 4 is 17.4 Å². The van der Waals surface area contributed by atoms with Gasteiger partial charge in [0.1, 0.15) is 5.84 Å². The molecule has 0 fully saturated rings. The highest BCUT2D eigenvalue weighted by Crippen LogP contribution is 2.19. The third kappa shape index (κ3) is 1.07. The van der Waals surface area contributed by atoms with Gasteiger partial charge in [0.25, 0.3) is 0 Å². The average Bonchev–Trinajstić information content (AvgIpc) is 2.32. The molecule has 0 bridgehead atoms. The smallest absolute Gasteiger partial charge is 0.129 e. The third-order valence-corrected chi connectivity index (χ3v) is 2.15. The van der Waals surface area contributed by atoms with Crippen LogP contribution in [0.2, 0.25) is 0 Å². The van der Waals surface area contributed by atoms with Crippen LogP contribution in [0, 0.1) is 0 Å². The van der Waals surface area contributed by atoms with E-state index in [9.17, 15) is 0 Å². The summed E-state index contributed by atoms with van der Waals surface area (Å²) in [7, 11) is 0. The van der Waals surface area contributed by atoms with E-state index < -0.39 is 0 Å². The zero-order valence-corrected chi connectivity index (χ0v) is 7.04. The molecule has 2 aliphatic heterocycles. The molecule has 0 saturated carbocycles. The van der Waals surface area contributed by atoms with E-state index in [-0.39, 0.29) is 0 Å². The number of halogens is 1. The second-order valence-corrected chi connectivity index (χ2v) is 3.24. The Kier molecular flexibility index (Phi) is 1.50. The monoisotopic (exact) mass is 168 g/mol. The van der Waals surface area contributed by atoms with Gasteiger partial charge < -0.3 is 4.90 Å². The third-order valence-electron chi connectivity index (χ3n) is 1.92. The maximum absolute atomic E-state index is 5.80. The second kappa shape index (κ2) is 2.38. The topological polar surface area (TPSA) is 15.6 Å². The van der Waals surface area contributed by atoms with Crippen molar-refractivity contribution in [3.05, 3.63) is 23.4 Å². The van der Waals surface area contributed by atoms with E-state index in [1.807, 2.05) is 18.4 Å². The molecule has 2 heterocycles. The van der Waals surface area contributed by atoms with Gasteiger partial charge in [-0.15, -0.1) is 0 Å². The van der Waals surface area contributed by atoms with E-state index in [2.05, 4.69) is 16.8 Å². The largest absolute Gasteiger partial charge is 0.329 e. The lowest BCUT2D eigenvalue weighted by molar-refractivity contribution is 0.473. The second-order valence-electron chi connectivity index (χ2n) is 2.80. The number of nitrogens with zero attached hydrogens (tertiary/aromatic N) is 2. The molecule has 1 unspecified atom stereocenters. The summed E-state index contributed by atoms with van der Waals surface area (Å²) in [6.45, 7) is 3.02. The highest BCUT2D eigenvalue weighted by Gasteiger charge is 2.22. The summed E-state index contributed by atoms with van der Waals surface area (Å²) < 4.78 is 0. The SMILES string of the molecule is CC1CN=C2C=C(Cl)C=CN21. The average molecular weight is 169 g/mol. The maximum atomic E-state index is 5.80. The summed E-state index contributed by atoms with van der Waals surface area (Å²) >= 11 is 5.80. The minimum absolute atomic E-state index is 0.488. The molecule has 0 aromatic rings. The van der Waals surface area contributed by atoms with Gasteiger partial charge in [0, 0.05) is 11.2 Å². The Morgan fingerprint density at radius 2 is 2.55 bits per heavy atom.